The average Bonchev–Trinajstić information content (AvgIpc) is 3.28. The van der Waals surface area contributed by atoms with Crippen LogP contribution in [0.15, 0.2) is 66.7 Å². The van der Waals surface area contributed by atoms with Gasteiger partial charge in [-0.05, 0) is 18.2 Å². The van der Waals surface area contributed by atoms with Gasteiger partial charge in [-0.2, -0.15) is 4.57 Å². The van der Waals surface area contributed by atoms with Gasteiger partial charge < -0.3 is 9.47 Å². The lowest BCUT2D eigenvalue weighted by Crippen LogP contribution is -2.47. The molecule has 0 bridgehead atoms. The molecule has 5 rings (SSSR count). The number of nitro benzene ring substituents is 2. The number of hydrogen-bond donors (Lipinski definition) is 1. The number of nitro groups is 2. The molecule has 1 aliphatic rings. The molecule has 1 fully saturated rings. The standard InChI is InChI=1S/C28H20N4O10/c1-2-17(27(35)41-22-14-23(33)29-26(22)34)30-18-10-5-3-8-15(18)24(16-9-4-6-11-19(16)30)28(36)42-25-20(31(37)38)12-7-13-21(25)32(39)40/h3-13,17,22H,2,14H2,1H3/p+1. The number of para-hydroxylation sites is 3. The van der Waals surface area contributed by atoms with E-state index in [9.17, 15) is 39.4 Å². The molecule has 2 unspecified atom stereocenters. The number of benzene rings is 3. The summed E-state index contributed by atoms with van der Waals surface area (Å²) in [4.78, 5) is 72.2. The smallest absolute Gasteiger partial charge is 0.376 e. The van der Waals surface area contributed by atoms with E-state index in [1.165, 1.54) is 0 Å². The molecule has 212 valence electrons. The van der Waals surface area contributed by atoms with Gasteiger partial charge in [0.15, 0.2) is 6.10 Å². The zero-order chi connectivity index (χ0) is 30.1. The quantitative estimate of drug-likeness (QED) is 0.0623. The van der Waals surface area contributed by atoms with Gasteiger partial charge in [0.1, 0.15) is 0 Å². The molecule has 14 nitrogen and oxygen atoms in total. The van der Waals surface area contributed by atoms with E-state index in [0.29, 0.717) is 11.0 Å². The lowest BCUT2D eigenvalue weighted by Gasteiger charge is -2.17. The number of ether oxygens (including phenoxy) is 2. The van der Waals surface area contributed by atoms with E-state index in [1.54, 1.807) is 60.0 Å². The number of nitrogens with one attached hydrogen (secondary N) is 1. The Balaban J connectivity index is 1.67. The van der Waals surface area contributed by atoms with Gasteiger partial charge in [-0.3, -0.25) is 35.1 Å². The average molecular weight is 573 g/mol. The van der Waals surface area contributed by atoms with Gasteiger partial charge in [0.25, 0.3) is 17.7 Å². The van der Waals surface area contributed by atoms with E-state index in [4.69, 9.17) is 9.47 Å². The molecule has 42 heavy (non-hydrogen) atoms. The Morgan fingerprint density at radius 3 is 1.95 bits per heavy atom. The molecule has 2 amide bonds. The van der Waals surface area contributed by atoms with Crippen molar-refractivity contribution in [1.29, 1.82) is 0 Å². The highest BCUT2D eigenvalue weighted by Gasteiger charge is 2.40. The first-order valence-electron chi connectivity index (χ1n) is 12.7. The fourth-order valence-electron chi connectivity index (χ4n) is 4.97. The third kappa shape index (κ3) is 4.85. The highest BCUT2D eigenvalue weighted by molar-refractivity contribution is 6.13. The molecule has 2 atom stereocenters. The summed E-state index contributed by atoms with van der Waals surface area (Å²) in [5.74, 6) is -3.97. The van der Waals surface area contributed by atoms with Crippen LogP contribution in [0.1, 0.15) is 36.2 Å². The van der Waals surface area contributed by atoms with E-state index in [-0.39, 0.29) is 29.2 Å². The summed E-state index contributed by atoms with van der Waals surface area (Å²) in [7, 11) is 0. The van der Waals surface area contributed by atoms with Gasteiger partial charge in [-0.25, -0.2) is 9.59 Å². The number of aromatic nitrogens is 1. The molecule has 0 saturated carbocycles. The number of imide groups is 1. The Morgan fingerprint density at radius 1 is 0.929 bits per heavy atom. The number of carbonyl (C=O) groups is 4. The maximum Gasteiger partial charge on any atom is 0.376 e. The molecule has 14 heteroatoms. The van der Waals surface area contributed by atoms with Gasteiger partial charge in [-0.1, -0.05) is 31.2 Å². The molecule has 0 aliphatic carbocycles. The lowest BCUT2D eigenvalue weighted by molar-refractivity contribution is -0.661. The van der Waals surface area contributed by atoms with Crippen molar-refractivity contribution in [3.05, 3.63) is 92.5 Å². The molecule has 3 aromatic carbocycles. The van der Waals surface area contributed by atoms with Crippen LogP contribution in [0, 0.1) is 20.2 Å². The predicted octanol–water partition coefficient (Wildman–Crippen LogP) is 3.23. The number of amides is 2. The molecule has 1 saturated heterocycles. The van der Waals surface area contributed by atoms with Crippen LogP contribution >= 0.6 is 0 Å². The van der Waals surface area contributed by atoms with Gasteiger partial charge in [-0.15, -0.1) is 0 Å². The SMILES string of the molecule is CCC(C(=O)OC1CC(=O)NC1=O)[n+]1c2ccccc2c(C(=O)Oc2c([N+](=O)[O-])cccc2[N+](=O)[O-])c2ccccc21. The van der Waals surface area contributed by atoms with E-state index in [2.05, 4.69) is 5.32 Å². The first kappa shape index (κ1) is 27.8. The minimum atomic E-state index is -1.27. The van der Waals surface area contributed by atoms with Crippen LogP contribution in [-0.4, -0.2) is 39.7 Å². The fraction of sp³-hybridized carbons (Fsp3) is 0.179. The Bertz CT molecular complexity index is 1750. The molecule has 1 aliphatic heterocycles. The van der Waals surface area contributed by atoms with Crippen LogP contribution in [0.2, 0.25) is 0 Å². The van der Waals surface area contributed by atoms with Crippen LogP contribution in [0.25, 0.3) is 21.8 Å². The normalized spacial score (nSPS) is 15.3. The molecule has 4 aromatic rings. The van der Waals surface area contributed by atoms with Crippen molar-refractivity contribution < 1.29 is 43.1 Å². The van der Waals surface area contributed by atoms with Crippen molar-refractivity contribution in [2.45, 2.75) is 31.9 Å². The van der Waals surface area contributed by atoms with Crippen LogP contribution in [0.5, 0.6) is 5.75 Å². The molecule has 0 spiro atoms. The van der Waals surface area contributed by atoms with Crippen molar-refractivity contribution in [3.63, 3.8) is 0 Å². The summed E-state index contributed by atoms with van der Waals surface area (Å²) in [5, 5.41) is 25.9. The zero-order valence-corrected chi connectivity index (χ0v) is 21.8. The van der Waals surface area contributed by atoms with Crippen molar-refractivity contribution in [2.75, 3.05) is 0 Å². The third-order valence-corrected chi connectivity index (χ3v) is 6.79. The fourth-order valence-corrected chi connectivity index (χ4v) is 4.97. The maximum absolute atomic E-state index is 13.7. The Hall–Kier alpha value is -5.79. The Labute approximate surface area is 235 Å². The van der Waals surface area contributed by atoms with Crippen LogP contribution in [0.4, 0.5) is 11.4 Å². The molecule has 1 aromatic heterocycles. The largest absolute Gasteiger partial charge is 0.447 e. The van der Waals surface area contributed by atoms with Crippen molar-refractivity contribution in [2.24, 2.45) is 0 Å². The first-order valence-corrected chi connectivity index (χ1v) is 12.7. The van der Waals surface area contributed by atoms with Crippen molar-refractivity contribution >= 4 is 56.9 Å². The van der Waals surface area contributed by atoms with E-state index in [0.717, 1.165) is 18.2 Å². The summed E-state index contributed by atoms with van der Waals surface area (Å²) in [6.45, 7) is 1.72. The molecule has 2 heterocycles. The predicted molar refractivity (Wildman–Crippen MR) is 143 cm³/mol. The second-order valence-electron chi connectivity index (χ2n) is 9.27. The van der Waals surface area contributed by atoms with E-state index in [1.807, 2.05) is 0 Å². The van der Waals surface area contributed by atoms with Gasteiger partial charge in [0.2, 0.25) is 16.9 Å². The number of nitrogens with zero attached hydrogens (tertiary/aromatic N) is 3. The number of esters is 2. The third-order valence-electron chi connectivity index (χ3n) is 6.79. The molecule has 0 radical (unpaired) electrons. The number of rotatable bonds is 8. The van der Waals surface area contributed by atoms with Gasteiger partial charge in [0.05, 0.1) is 32.6 Å². The number of hydrogen-bond acceptors (Lipinski definition) is 10. The molecular formula is C28H21N4O10+. The minimum absolute atomic E-state index is 0.0473. The molecular weight excluding hydrogens is 552 g/mol. The minimum Gasteiger partial charge on any atom is -0.447 e. The molecule has 1 N–H and O–H groups in total. The number of carbonyl (C=O) groups excluding carboxylic acids is 4. The summed E-state index contributed by atoms with van der Waals surface area (Å²) < 4.78 is 12.4. The van der Waals surface area contributed by atoms with Crippen LogP contribution in [-0.2, 0) is 19.1 Å². The Morgan fingerprint density at radius 2 is 1.48 bits per heavy atom. The van der Waals surface area contributed by atoms with E-state index >= 15 is 0 Å². The lowest BCUT2D eigenvalue weighted by atomic mass is 10.00. The summed E-state index contributed by atoms with van der Waals surface area (Å²) in [6.07, 6.45) is -1.37. The maximum atomic E-state index is 13.7. The van der Waals surface area contributed by atoms with Crippen LogP contribution < -0.4 is 14.6 Å². The second kappa shape index (κ2) is 11.0. The van der Waals surface area contributed by atoms with Crippen molar-refractivity contribution in [3.8, 4) is 5.75 Å². The highest BCUT2D eigenvalue weighted by atomic mass is 16.6. The topological polar surface area (TPSA) is 189 Å². The van der Waals surface area contributed by atoms with Gasteiger partial charge in [0, 0.05) is 30.7 Å². The van der Waals surface area contributed by atoms with Crippen LogP contribution in [0.3, 0.4) is 0 Å². The monoisotopic (exact) mass is 573 g/mol. The second-order valence-corrected chi connectivity index (χ2v) is 9.27. The van der Waals surface area contributed by atoms with Gasteiger partial charge >= 0.3 is 23.3 Å². The first-order chi connectivity index (χ1) is 20.1. The van der Waals surface area contributed by atoms with E-state index < -0.39 is 62.9 Å². The highest BCUT2D eigenvalue weighted by Crippen LogP contribution is 2.38. The summed E-state index contributed by atoms with van der Waals surface area (Å²) in [6, 6.07) is 15.1. The number of fused-ring (bicyclic) bond motifs is 2. The Kier molecular flexibility index (Phi) is 7.27. The summed E-state index contributed by atoms with van der Waals surface area (Å²) >= 11 is 0. The zero-order valence-electron chi connectivity index (χ0n) is 21.8. The number of pyridine rings is 1. The summed E-state index contributed by atoms with van der Waals surface area (Å²) in [5.41, 5.74) is -0.832. The van der Waals surface area contributed by atoms with Crippen molar-refractivity contribution in [1.82, 2.24) is 5.32 Å².